The molecule has 0 spiro atoms. The molecule has 1 aliphatic rings. The van der Waals surface area contributed by atoms with Gasteiger partial charge in [-0.2, -0.15) is 0 Å². The maximum atomic E-state index is 11.6. The van der Waals surface area contributed by atoms with Gasteiger partial charge in [-0.1, -0.05) is 40.0 Å². The summed E-state index contributed by atoms with van der Waals surface area (Å²) in [4.78, 5) is 11.6. The number of rotatable bonds is 4. The molecule has 1 amide bonds. The molecule has 0 unspecified atom stereocenters. The zero-order chi connectivity index (χ0) is 11.3. The lowest BCUT2D eigenvalue weighted by atomic mass is 9.81. The van der Waals surface area contributed by atoms with Crippen LogP contribution in [-0.2, 0) is 4.79 Å². The minimum Gasteiger partial charge on any atom is -0.353 e. The van der Waals surface area contributed by atoms with Crippen LogP contribution in [0.1, 0.15) is 59.3 Å². The topological polar surface area (TPSA) is 29.1 Å². The smallest absolute Gasteiger partial charge is 0.222 e. The number of hydrogen-bond donors (Lipinski definition) is 1. The molecule has 1 N–H and O–H groups in total. The number of amides is 1. The lowest BCUT2D eigenvalue weighted by Gasteiger charge is -2.32. The van der Waals surface area contributed by atoms with Crippen molar-refractivity contribution in [3.8, 4) is 0 Å². The van der Waals surface area contributed by atoms with E-state index in [9.17, 15) is 4.79 Å². The zero-order valence-corrected chi connectivity index (χ0v) is 10.4. The van der Waals surface area contributed by atoms with E-state index in [1.807, 2.05) is 13.8 Å². The van der Waals surface area contributed by atoms with E-state index in [2.05, 4.69) is 12.2 Å². The Kier molecular flexibility index (Phi) is 5.13. The molecule has 0 saturated heterocycles. The molecule has 1 fully saturated rings. The van der Waals surface area contributed by atoms with Gasteiger partial charge in [-0.3, -0.25) is 4.79 Å². The normalized spacial score (nSPS) is 26.7. The van der Waals surface area contributed by atoms with Gasteiger partial charge in [-0.25, -0.2) is 0 Å². The molecule has 0 bridgehead atoms. The molecule has 0 radical (unpaired) electrons. The predicted octanol–water partition coefficient (Wildman–Crippen LogP) is 3.12. The summed E-state index contributed by atoms with van der Waals surface area (Å²) in [6.07, 6.45) is 7.61. The highest BCUT2D eigenvalue weighted by Gasteiger charge is 2.26. The van der Waals surface area contributed by atoms with E-state index in [-0.39, 0.29) is 11.8 Å². The zero-order valence-electron chi connectivity index (χ0n) is 10.4. The van der Waals surface area contributed by atoms with Crippen molar-refractivity contribution in [2.75, 3.05) is 0 Å². The summed E-state index contributed by atoms with van der Waals surface area (Å²) >= 11 is 0. The summed E-state index contributed by atoms with van der Waals surface area (Å²) in [6.45, 7) is 6.16. The van der Waals surface area contributed by atoms with Crippen LogP contribution in [0.4, 0.5) is 0 Å². The van der Waals surface area contributed by atoms with Gasteiger partial charge in [0.05, 0.1) is 0 Å². The van der Waals surface area contributed by atoms with Gasteiger partial charge in [-0.05, 0) is 25.2 Å². The molecule has 1 rings (SSSR count). The third-order valence-corrected chi connectivity index (χ3v) is 3.42. The van der Waals surface area contributed by atoms with Gasteiger partial charge < -0.3 is 5.32 Å². The number of carbonyl (C=O) groups is 1. The highest BCUT2D eigenvalue weighted by atomic mass is 16.1. The van der Waals surface area contributed by atoms with Crippen LogP contribution in [0, 0.1) is 11.8 Å². The number of hydrogen-bond acceptors (Lipinski definition) is 1. The SMILES string of the molecule is CCC[C@H]1CCCC[C@H]1NC(=O)C(C)C. The number of nitrogens with one attached hydrogen (secondary N) is 1. The minimum atomic E-state index is 0.120. The monoisotopic (exact) mass is 211 g/mol. The highest BCUT2D eigenvalue weighted by molar-refractivity contribution is 5.78. The third kappa shape index (κ3) is 3.84. The fourth-order valence-electron chi connectivity index (χ4n) is 2.46. The predicted molar refractivity (Wildman–Crippen MR) is 63.6 cm³/mol. The molecule has 0 aromatic heterocycles. The van der Waals surface area contributed by atoms with Crippen LogP contribution >= 0.6 is 0 Å². The van der Waals surface area contributed by atoms with Crippen LogP contribution in [0.5, 0.6) is 0 Å². The average molecular weight is 211 g/mol. The molecule has 1 saturated carbocycles. The van der Waals surface area contributed by atoms with Crippen molar-refractivity contribution in [3.05, 3.63) is 0 Å². The van der Waals surface area contributed by atoms with E-state index in [0.717, 1.165) is 5.92 Å². The van der Waals surface area contributed by atoms with Crippen molar-refractivity contribution in [3.63, 3.8) is 0 Å². The Balaban J connectivity index is 2.45. The van der Waals surface area contributed by atoms with Gasteiger partial charge in [-0.15, -0.1) is 0 Å². The molecular weight excluding hydrogens is 186 g/mol. The molecule has 0 aliphatic heterocycles. The Morgan fingerprint density at radius 2 is 2.00 bits per heavy atom. The summed E-state index contributed by atoms with van der Waals surface area (Å²) in [5.74, 6) is 1.07. The second-order valence-electron chi connectivity index (χ2n) is 5.10. The van der Waals surface area contributed by atoms with Crippen molar-refractivity contribution >= 4 is 5.91 Å². The van der Waals surface area contributed by atoms with Gasteiger partial charge in [0.25, 0.3) is 0 Å². The Labute approximate surface area is 93.8 Å². The molecule has 0 aromatic carbocycles. The van der Waals surface area contributed by atoms with Crippen LogP contribution in [0.3, 0.4) is 0 Å². The van der Waals surface area contributed by atoms with Crippen LogP contribution in [-0.4, -0.2) is 11.9 Å². The third-order valence-electron chi connectivity index (χ3n) is 3.42. The van der Waals surface area contributed by atoms with Crippen LogP contribution in [0.25, 0.3) is 0 Å². The van der Waals surface area contributed by atoms with Gasteiger partial charge >= 0.3 is 0 Å². The summed E-state index contributed by atoms with van der Waals surface area (Å²) in [5.41, 5.74) is 0. The summed E-state index contributed by atoms with van der Waals surface area (Å²) in [7, 11) is 0. The fourth-order valence-corrected chi connectivity index (χ4v) is 2.46. The Hall–Kier alpha value is -0.530. The van der Waals surface area contributed by atoms with E-state index in [0.29, 0.717) is 6.04 Å². The van der Waals surface area contributed by atoms with Crippen LogP contribution in [0.15, 0.2) is 0 Å². The standard InChI is InChI=1S/C13H25NO/c1-4-7-11-8-5-6-9-12(11)14-13(15)10(2)3/h10-12H,4-9H2,1-3H3,(H,14,15)/t11-,12+/m0/s1. The summed E-state index contributed by atoms with van der Waals surface area (Å²) in [5, 5.41) is 3.21. The summed E-state index contributed by atoms with van der Waals surface area (Å²) < 4.78 is 0. The highest BCUT2D eigenvalue weighted by Crippen LogP contribution is 2.28. The van der Waals surface area contributed by atoms with Crippen LogP contribution < -0.4 is 5.32 Å². The lowest BCUT2D eigenvalue weighted by molar-refractivity contribution is -0.125. The molecule has 88 valence electrons. The molecule has 15 heavy (non-hydrogen) atoms. The Bertz CT molecular complexity index is 199. The van der Waals surface area contributed by atoms with Gasteiger partial charge in [0.15, 0.2) is 0 Å². The van der Waals surface area contributed by atoms with E-state index in [1.54, 1.807) is 0 Å². The Morgan fingerprint density at radius 1 is 1.33 bits per heavy atom. The Morgan fingerprint density at radius 3 is 2.60 bits per heavy atom. The van der Waals surface area contributed by atoms with Crippen molar-refractivity contribution in [2.45, 2.75) is 65.3 Å². The summed E-state index contributed by atoms with van der Waals surface area (Å²) in [6, 6.07) is 0.452. The first-order valence-electron chi connectivity index (χ1n) is 6.45. The van der Waals surface area contributed by atoms with E-state index >= 15 is 0 Å². The van der Waals surface area contributed by atoms with Crippen molar-refractivity contribution in [1.29, 1.82) is 0 Å². The van der Waals surface area contributed by atoms with Crippen molar-refractivity contribution in [2.24, 2.45) is 11.8 Å². The average Bonchev–Trinajstić information content (AvgIpc) is 2.21. The molecule has 2 atom stereocenters. The molecule has 2 heteroatoms. The second-order valence-corrected chi connectivity index (χ2v) is 5.10. The second kappa shape index (κ2) is 6.14. The van der Waals surface area contributed by atoms with E-state index < -0.39 is 0 Å². The van der Waals surface area contributed by atoms with Crippen LogP contribution in [0.2, 0.25) is 0 Å². The van der Waals surface area contributed by atoms with Gasteiger partial charge in [0, 0.05) is 12.0 Å². The first kappa shape index (κ1) is 12.5. The van der Waals surface area contributed by atoms with Gasteiger partial charge in [0.1, 0.15) is 0 Å². The minimum absolute atomic E-state index is 0.120. The molecule has 1 aliphatic carbocycles. The van der Waals surface area contributed by atoms with Gasteiger partial charge in [0.2, 0.25) is 5.91 Å². The maximum absolute atomic E-state index is 11.6. The first-order valence-corrected chi connectivity index (χ1v) is 6.45. The largest absolute Gasteiger partial charge is 0.353 e. The van der Waals surface area contributed by atoms with E-state index in [4.69, 9.17) is 0 Å². The molecule has 0 aromatic rings. The molecular formula is C13H25NO. The quantitative estimate of drug-likeness (QED) is 0.760. The fraction of sp³-hybridized carbons (Fsp3) is 0.923. The van der Waals surface area contributed by atoms with Crippen molar-refractivity contribution in [1.82, 2.24) is 5.32 Å². The maximum Gasteiger partial charge on any atom is 0.222 e. The molecule has 0 heterocycles. The molecule has 2 nitrogen and oxygen atoms in total. The number of carbonyl (C=O) groups excluding carboxylic acids is 1. The van der Waals surface area contributed by atoms with Crippen molar-refractivity contribution < 1.29 is 4.79 Å². The lowest BCUT2D eigenvalue weighted by Crippen LogP contribution is -2.43. The first-order chi connectivity index (χ1) is 7.15. The van der Waals surface area contributed by atoms with E-state index in [1.165, 1.54) is 38.5 Å².